The molecule has 0 atom stereocenters. The van der Waals surface area contributed by atoms with Crippen molar-refractivity contribution in [2.45, 2.75) is 64.3 Å². The Morgan fingerprint density at radius 1 is 1.00 bits per heavy atom. The molecule has 2 aromatic rings. The van der Waals surface area contributed by atoms with Crippen molar-refractivity contribution >= 4 is 12.6 Å². The summed E-state index contributed by atoms with van der Waals surface area (Å²) in [6.45, 7) is 8.69. The fourth-order valence-electron chi connectivity index (χ4n) is 2.86. The SMILES string of the molecule is CC1(C)OB(c2ccc(OCc3cnc(C4CC4)nc3)cc2)OC1(C)C. The number of nitrogens with zero attached hydrogens (tertiary/aromatic N) is 2. The minimum atomic E-state index is -0.350. The molecular formula is C20H25BN2O3. The number of hydrogen-bond donors (Lipinski definition) is 0. The summed E-state index contributed by atoms with van der Waals surface area (Å²) in [5.74, 6) is 2.34. The first kappa shape index (κ1) is 17.5. The zero-order valence-electron chi connectivity index (χ0n) is 15.9. The Balaban J connectivity index is 1.36. The molecule has 0 bridgehead atoms. The van der Waals surface area contributed by atoms with Crippen molar-refractivity contribution in [3.8, 4) is 5.75 Å². The third-order valence-corrected chi connectivity index (χ3v) is 5.48. The third-order valence-electron chi connectivity index (χ3n) is 5.48. The van der Waals surface area contributed by atoms with E-state index in [4.69, 9.17) is 14.0 Å². The Hall–Kier alpha value is -1.92. The Kier molecular flexibility index (Phi) is 4.28. The van der Waals surface area contributed by atoms with Crippen LogP contribution in [0.4, 0.5) is 0 Å². The highest BCUT2D eigenvalue weighted by molar-refractivity contribution is 6.62. The second-order valence-corrected chi connectivity index (χ2v) is 8.17. The van der Waals surface area contributed by atoms with Crippen LogP contribution in [-0.4, -0.2) is 28.3 Å². The van der Waals surface area contributed by atoms with Crippen molar-refractivity contribution in [1.29, 1.82) is 0 Å². The summed E-state index contributed by atoms with van der Waals surface area (Å²) < 4.78 is 18.0. The van der Waals surface area contributed by atoms with Crippen LogP contribution in [0, 0.1) is 0 Å². The van der Waals surface area contributed by atoms with Gasteiger partial charge in [0, 0.05) is 23.9 Å². The lowest BCUT2D eigenvalue weighted by molar-refractivity contribution is 0.00578. The quantitative estimate of drug-likeness (QED) is 0.774. The lowest BCUT2D eigenvalue weighted by atomic mass is 9.79. The second kappa shape index (κ2) is 6.36. The van der Waals surface area contributed by atoms with Gasteiger partial charge in [0.05, 0.1) is 11.2 Å². The van der Waals surface area contributed by atoms with Crippen LogP contribution in [0.15, 0.2) is 36.7 Å². The topological polar surface area (TPSA) is 53.5 Å². The molecule has 26 heavy (non-hydrogen) atoms. The van der Waals surface area contributed by atoms with Gasteiger partial charge in [-0.15, -0.1) is 0 Å². The summed E-state index contributed by atoms with van der Waals surface area (Å²) in [6, 6.07) is 7.87. The van der Waals surface area contributed by atoms with E-state index in [0.717, 1.165) is 22.6 Å². The molecule has 0 N–H and O–H groups in total. The number of aromatic nitrogens is 2. The van der Waals surface area contributed by atoms with Crippen molar-refractivity contribution in [3.63, 3.8) is 0 Å². The number of benzene rings is 1. The molecule has 6 heteroatoms. The summed E-state index contributed by atoms with van der Waals surface area (Å²) in [5.41, 5.74) is 1.30. The van der Waals surface area contributed by atoms with Gasteiger partial charge in [-0.3, -0.25) is 0 Å². The van der Waals surface area contributed by atoms with Gasteiger partial charge in [0.25, 0.3) is 0 Å². The predicted octanol–water partition coefficient (Wildman–Crippen LogP) is 3.23. The molecule has 0 spiro atoms. The van der Waals surface area contributed by atoms with Gasteiger partial charge < -0.3 is 14.0 Å². The molecule has 1 saturated heterocycles. The Labute approximate surface area is 155 Å². The van der Waals surface area contributed by atoms with Crippen LogP contribution in [0.2, 0.25) is 0 Å². The van der Waals surface area contributed by atoms with Crippen molar-refractivity contribution in [3.05, 3.63) is 48.0 Å². The smallest absolute Gasteiger partial charge is 0.489 e. The van der Waals surface area contributed by atoms with Gasteiger partial charge in [0.15, 0.2) is 0 Å². The Morgan fingerprint density at radius 3 is 2.12 bits per heavy atom. The summed E-state index contributed by atoms with van der Waals surface area (Å²) in [6.07, 6.45) is 6.15. The van der Waals surface area contributed by atoms with Crippen LogP contribution in [0.1, 0.15) is 57.8 Å². The van der Waals surface area contributed by atoms with E-state index in [1.807, 2.05) is 36.7 Å². The van der Waals surface area contributed by atoms with E-state index in [0.29, 0.717) is 12.5 Å². The highest BCUT2D eigenvalue weighted by Gasteiger charge is 2.51. The molecular weight excluding hydrogens is 327 g/mol. The molecule has 1 aliphatic carbocycles. The van der Waals surface area contributed by atoms with E-state index >= 15 is 0 Å². The standard InChI is InChI=1S/C20H25BN2O3/c1-19(2)20(3,4)26-21(25-19)16-7-9-17(10-8-16)24-13-14-11-22-18(23-12-14)15-5-6-15/h7-12,15H,5-6,13H2,1-4H3. The molecule has 5 nitrogen and oxygen atoms in total. The minimum absolute atomic E-state index is 0.334. The van der Waals surface area contributed by atoms with Crippen LogP contribution in [0.25, 0.3) is 0 Å². The van der Waals surface area contributed by atoms with Crippen LogP contribution in [0.5, 0.6) is 5.75 Å². The van der Waals surface area contributed by atoms with Crippen LogP contribution < -0.4 is 10.2 Å². The summed E-state index contributed by atoms with van der Waals surface area (Å²) in [4.78, 5) is 8.84. The summed E-state index contributed by atoms with van der Waals surface area (Å²) in [7, 11) is -0.350. The van der Waals surface area contributed by atoms with E-state index in [1.165, 1.54) is 12.8 Å². The van der Waals surface area contributed by atoms with E-state index < -0.39 is 0 Å². The molecule has 1 saturated carbocycles. The molecule has 2 fully saturated rings. The van der Waals surface area contributed by atoms with Gasteiger partial charge in [0.1, 0.15) is 18.2 Å². The van der Waals surface area contributed by atoms with Crippen molar-refractivity contribution in [2.24, 2.45) is 0 Å². The molecule has 2 aliphatic rings. The van der Waals surface area contributed by atoms with Gasteiger partial charge >= 0.3 is 7.12 Å². The maximum Gasteiger partial charge on any atom is 0.494 e. The lowest BCUT2D eigenvalue weighted by Gasteiger charge is -2.32. The fourth-order valence-corrected chi connectivity index (χ4v) is 2.86. The molecule has 1 aliphatic heterocycles. The van der Waals surface area contributed by atoms with Gasteiger partial charge in [-0.2, -0.15) is 0 Å². The minimum Gasteiger partial charge on any atom is -0.489 e. The second-order valence-electron chi connectivity index (χ2n) is 8.17. The zero-order chi connectivity index (χ0) is 18.4. The van der Waals surface area contributed by atoms with Gasteiger partial charge in [-0.1, -0.05) is 12.1 Å². The largest absolute Gasteiger partial charge is 0.494 e. The average Bonchev–Trinajstić information content (AvgIpc) is 3.42. The molecule has 2 heterocycles. The lowest BCUT2D eigenvalue weighted by Crippen LogP contribution is -2.41. The maximum atomic E-state index is 6.08. The van der Waals surface area contributed by atoms with Gasteiger partial charge in [0.2, 0.25) is 0 Å². The van der Waals surface area contributed by atoms with E-state index in [1.54, 1.807) is 0 Å². The molecule has 4 rings (SSSR count). The third kappa shape index (κ3) is 3.48. The fraction of sp³-hybridized carbons (Fsp3) is 0.500. The average molecular weight is 352 g/mol. The molecule has 136 valence electrons. The molecule has 1 aromatic heterocycles. The van der Waals surface area contributed by atoms with Crippen LogP contribution in [-0.2, 0) is 15.9 Å². The van der Waals surface area contributed by atoms with Crippen LogP contribution in [0.3, 0.4) is 0 Å². The molecule has 0 unspecified atom stereocenters. The van der Waals surface area contributed by atoms with Crippen molar-refractivity contribution < 1.29 is 14.0 Å². The first-order valence-corrected chi connectivity index (χ1v) is 9.23. The maximum absolute atomic E-state index is 6.08. The number of ether oxygens (including phenoxy) is 1. The van der Waals surface area contributed by atoms with Crippen LogP contribution >= 0.6 is 0 Å². The Morgan fingerprint density at radius 2 is 1.58 bits per heavy atom. The van der Waals surface area contributed by atoms with E-state index in [-0.39, 0.29) is 18.3 Å². The highest BCUT2D eigenvalue weighted by Crippen LogP contribution is 2.38. The Bertz CT molecular complexity index is 755. The van der Waals surface area contributed by atoms with Gasteiger partial charge in [-0.25, -0.2) is 9.97 Å². The van der Waals surface area contributed by atoms with E-state index in [2.05, 4.69) is 37.7 Å². The number of hydrogen-bond acceptors (Lipinski definition) is 5. The highest BCUT2D eigenvalue weighted by atomic mass is 16.7. The van der Waals surface area contributed by atoms with E-state index in [9.17, 15) is 0 Å². The molecule has 0 radical (unpaired) electrons. The molecule has 1 aromatic carbocycles. The predicted molar refractivity (Wildman–Crippen MR) is 100 cm³/mol. The monoisotopic (exact) mass is 352 g/mol. The molecule has 0 amide bonds. The summed E-state index contributed by atoms with van der Waals surface area (Å²) in [5, 5.41) is 0. The first-order valence-electron chi connectivity index (χ1n) is 9.23. The van der Waals surface area contributed by atoms with Gasteiger partial charge in [-0.05, 0) is 58.1 Å². The summed E-state index contributed by atoms with van der Waals surface area (Å²) >= 11 is 0. The van der Waals surface area contributed by atoms with Crippen molar-refractivity contribution in [1.82, 2.24) is 9.97 Å². The number of rotatable bonds is 5. The zero-order valence-corrected chi connectivity index (χ0v) is 15.9. The first-order chi connectivity index (χ1) is 12.3. The normalized spacial score (nSPS) is 21.0. The van der Waals surface area contributed by atoms with Crippen molar-refractivity contribution in [2.75, 3.05) is 0 Å².